The van der Waals surface area contributed by atoms with E-state index in [0.29, 0.717) is 22.6 Å². The summed E-state index contributed by atoms with van der Waals surface area (Å²) in [7, 11) is 0. The summed E-state index contributed by atoms with van der Waals surface area (Å²) in [5.41, 5.74) is 0.626. The Hall–Kier alpha value is -2.19. The molecule has 1 saturated heterocycles. The van der Waals surface area contributed by atoms with Crippen molar-refractivity contribution in [1.29, 1.82) is 0 Å². The van der Waals surface area contributed by atoms with Gasteiger partial charge in [0.2, 0.25) is 0 Å². The Labute approximate surface area is 167 Å². The van der Waals surface area contributed by atoms with Crippen molar-refractivity contribution in [1.82, 2.24) is 4.90 Å². The highest BCUT2D eigenvalue weighted by molar-refractivity contribution is 8.26. The second kappa shape index (κ2) is 9.14. The second-order valence-corrected chi connectivity index (χ2v) is 7.65. The van der Waals surface area contributed by atoms with E-state index in [4.69, 9.17) is 17.0 Å². The molecule has 0 saturated carbocycles. The summed E-state index contributed by atoms with van der Waals surface area (Å²) in [6.45, 7) is 5.02. The van der Waals surface area contributed by atoms with Crippen molar-refractivity contribution in [3.63, 3.8) is 0 Å². The van der Waals surface area contributed by atoms with E-state index in [2.05, 4.69) is 0 Å². The van der Waals surface area contributed by atoms with Gasteiger partial charge in [-0.2, -0.15) is 0 Å². The second-order valence-electron chi connectivity index (χ2n) is 5.98. The predicted molar refractivity (Wildman–Crippen MR) is 109 cm³/mol. The number of carboxylic acid groups (broad SMARTS) is 1. The average Bonchev–Trinajstić information content (AvgIpc) is 2.89. The number of carboxylic acids is 1. The highest BCUT2D eigenvalue weighted by Crippen LogP contribution is 2.36. The number of thiocarbonyl (C=S) groups is 1. The molecule has 0 aliphatic carbocycles. The maximum Gasteiger partial charge on any atom is 0.326 e. The lowest BCUT2D eigenvalue weighted by Crippen LogP contribution is -2.43. The van der Waals surface area contributed by atoms with E-state index >= 15 is 0 Å². The molecular formula is C19H21NO5S2. The largest absolute Gasteiger partial charge is 0.482 e. The number of rotatable bonds is 8. The monoisotopic (exact) mass is 407 g/mol. The number of para-hydroxylation sites is 1. The van der Waals surface area contributed by atoms with E-state index in [9.17, 15) is 19.5 Å². The lowest BCUT2D eigenvalue weighted by atomic mass is 10.1. The van der Waals surface area contributed by atoms with Crippen LogP contribution in [0, 0.1) is 0 Å². The van der Waals surface area contributed by atoms with Crippen LogP contribution in [0.4, 0.5) is 0 Å². The first-order valence-electron chi connectivity index (χ1n) is 8.56. The third kappa shape index (κ3) is 4.75. The minimum absolute atomic E-state index is 0.0779. The zero-order valence-corrected chi connectivity index (χ0v) is 16.9. The van der Waals surface area contributed by atoms with E-state index in [1.807, 2.05) is 6.92 Å². The summed E-state index contributed by atoms with van der Waals surface area (Å²) in [5, 5.41) is 9.33. The van der Waals surface area contributed by atoms with Crippen molar-refractivity contribution >= 4 is 52.0 Å². The van der Waals surface area contributed by atoms with Crippen molar-refractivity contribution in [3.05, 3.63) is 34.7 Å². The summed E-state index contributed by atoms with van der Waals surface area (Å²) in [4.78, 5) is 37.3. The minimum Gasteiger partial charge on any atom is -0.482 e. The van der Waals surface area contributed by atoms with Gasteiger partial charge in [-0.1, -0.05) is 56.0 Å². The van der Waals surface area contributed by atoms with Crippen molar-refractivity contribution in [2.75, 3.05) is 0 Å². The van der Waals surface area contributed by atoms with Crippen LogP contribution in [0.5, 0.6) is 5.75 Å². The van der Waals surface area contributed by atoms with Gasteiger partial charge in [0.05, 0.1) is 4.91 Å². The van der Waals surface area contributed by atoms with Crippen LogP contribution in [-0.4, -0.2) is 44.1 Å². The van der Waals surface area contributed by atoms with Crippen LogP contribution in [0.2, 0.25) is 0 Å². The van der Waals surface area contributed by atoms with Gasteiger partial charge in [0, 0.05) is 5.56 Å². The molecule has 0 aromatic heterocycles. The molecule has 1 aliphatic heterocycles. The van der Waals surface area contributed by atoms with Gasteiger partial charge in [-0.15, -0.1) is 0 Å². The molecule has 144 valence electrons. The first kappa shape index (κ1) is 21.1. The Bertz CT molecular complexity index is 805. The van der Waals surface area contributed by atoms with Crippen molar-refractivity contribution in [2.45, 2.75) is 45.8 Å². The van der Waals surface area contributed by atoms with Crippen molar-refractivity contribution in [3.8, 4) is 5.75 Å². The molecule has 1 aliphatic rings. The molecule has 1 aromatic carbocycles. The van der Waals surface area contributed by atoms with Gasteiger partial charge in [0.15, 0.2) is 11.9 Å². The van der Waals surface area contributed by atoms with Gasteiger partial charge in [0.25, 0.3) is 5.91 Å². The van der Waals surface area contributed by atoms with Crippen LogP contribution in [0.3, 0.4) is 0 Å². The number of thioether (sulfide) groups is 1. The molecule has 2 unspecified atom stereocenters. The first-order valence-corrected chi connectivity index (χ1v) is 9.78. The van der Waals surface area contributed by atoms with Crippen LogP contribution < -0.4 is 4.74 Å². The molecule has 1 fully saturated rings. The molecule has 2 rings (SSSR count). The minimum atomic E-state index is -1.09. The Balaban J connectivity index is 2.34. The Morgan fingerprint density at radius 2 is 1.96 bits per heavy atom. The maximum atomic E-state index is 12.7. The smallest absolute Gasteiger partial charge is 0.326 e. The van der Waals surface area contributed by atoms with E-state index in [1.54, 1.807) is 37.3 Å². The number of hydrogen-bond donors (Lipinski definition) is 1. The van der Waals surface area contributed by atoms with Crippen LogP contribution >= 0.6 is 24.0 Å². The first-order chi connectivity index (χ1) is 12.8. The SMILES string of the molecule is CCC(Oc1ccccc1/C=C1\SC(=S)N(C(CC)C(=O)O)C1=O)C(C)=O. The fraction of sp³-hybridized carbons (Fsp3) is 0.368. The summed E-state index contributed by atoms with van der Waals surface area (Å²) >= 11 is 6.28. The summed E-state index contributed by atoms with van der Waals surface area (Å²) in [6.07, 6.45) is 1.84. The van der Waals surface area contributed by atoms with Crippen molar-refractivity contribution in [2.24, 2.45) is 0 Å². The summed E-state index contributed by atoms with van der Waals surface area (Å²) in [6, 6.07) is 6.08. The van der Waals surface area contributed by atoms with E-state index in [0.717, 1.165) is 16.7 Å². The Morgan fingerprint density at radius 1 is 1.30 bits per heavy atom. The van der Waals surface area contributed by atoms with Gasteiger partial charge >= 0.3 is 5.97 Å². The molecule has 0 bridgehead atoms. The molecule has 1 aromatic rings. The number of amides is 1. The number of aliphatic carboxylic acids is 1. The quantitative estimate of drug-likeness (QED) is 0.521. The number of hydrogen-bond acceptors (Lipinski definition) is 6. The van der Waals surface area contributed by atoms with Crippen LogP contribution in [0.25, 0.3) is 6.08 Å². The van der Waals surface area contributed by atoms with Crippen LogP contribution in [-0.2, 0) is 14.4 Å². The molecule has 1 N–H and O–H groups in total. The number of ketones is 1. The molecule has 8 heteroatoms. The third-order valence-electron chi connectivity index (χ3n) is 4.11. The average molecular weight is 408 g/mol. The number of carbonyl (C=O) groups excluding carboxylic acids is 2. The van der Waals surface area contributed by atoms with Crippen molar-refractivity contribution < 1.29 is 24.2 Å². The lowest BCUT2D eigenvalue weighted by molar-refractivity contribution is -0.145. The molecule has 0 spiro atoms. The van der Waals surface area contributed by atoms with E-state index in [1.165, 1.54) is 6.92 Å². The summed E-state index contributed by atoms with van der Waals surface area (Å²) < 4.78 is 6.02. The number of benzene rings is 1. The van der Waals surface area contributed by atoms with E-state index in [-0.39, 0.29) is 16.5 Å². The number of Topliss-reactive ketones (excluding diaryl/α,β-unsaturated/α-hetero) is 1. The van der Waals surface area contributed by atoms with Gasteiger partial charge in [0.1, 0.15) is 16.1 Å². The molecular weight excluding hydrogens is 386 g/mol. The van der Waals surface area contributed by atoms with Crippen LogP contribution in [0.15, 0.2) is 29.2 Å². The standard InChI is InChI=1S/C19H21NO5S2/c1-4-13(18(23)24)20-17(22)16(27-19(20)26)10-12-8-6-7-9-15(12)25-14(5-2)11(3)21/h6-10,13-14H,4-5H2,1-3H3,(H,23,24)/b16-10-. The van der Waals surface area contributed by atoms with E-state index < -0.39 is 24.0 Å². The molecule has 6 nitrogen and oxygen atoms in total. The zero-order valence-electron chi connectivity index (χ0n) is 15.3. The molecule has 1 heterocycles. The molecule has 2 atom stereocenters. The fourth-order valence-corrected chi connectivity index (χ4v) is 4.02. The van der Waals surface area contributed by atoms with Gasteiger partial charge < -0.3 is 9.84 Å². The fourth-order valence-electron chi connectivity index (χ4n) is 2.67. The van der Waals surface area contributed by atoms with Gasteiger partial charge in [-0.3, -0.25) is 14.5 Å². The summed E-state index contributed by atoms with van der Waals surface area (Å²) in [5.74, 6) is -1.13. The van der Waals surface area contributed by atoms with Gasteiger partial charge in [-0.05, 0) is 31.9 Å². The van der Waals surface area contributed by atoms with Crippen LogP contribution in [0.1, 0.15) is 39.2 Å². The molecule has 27 heavy (non-hydrogen) atoms. The Morgan fingerprint density at radius 3 is 2.52 bits per heavy atom. The number of ether oxygens (including phenoxy) is 1. The maximum absolute atomic E-state index is 12.7. The zero-order chi connectivity index (χ0) is 20.1. The molecule has 0 radical (unpaired) electrons. The normalized spacial score (nSPS) is 17.9. The number of nitrogens with zero attached hydrogens (tertiary/aromatic N) is 1. The molecule has 1 amide bonds. The Kier molecular flexibility index (Phi) is 7.15. The highest BCUT2D eigenvalue weighted by atomic mass is 32.2. The predicted octanol–water partition coefficient (Wildman–Crippen LogP) is 3.50. The third-order valence-corrected chi connectivity index (χ3v) is 5.44. The topological polar surface area (TPSA) is 83.9 Å². The van der Waals surface area contributed by atoms with Gasteiger partial charge in [-0.25, -0.2) is 4.79 Å². The number of carbonyl (C=O) groups is 3. The lowest BCUT2D eigenvalue weighted by Gasteiger charge is -2.21. The highest BCUT2D eigenvalue weighted by Gasteiger charge is 2.39.